The molecule has 1 fully saturated rings. The second kappa shape index (κ2) is 4.95. The van der Waals surface area contributed by atoms with Crippen LogP contribution < -0.4 is 9.80 Å². The molecular formula is C16H22N2O4S. The first-order chi connectivity index (χ1) is 10.6. The van der Waals surface area contributed by atoms with Crippen molar-refractivity contribution in [3.05, 3.63) is 24.3 Å². The second-order valence-corrected chi connectivity index (χ2v) is 9.09. The molecule has 0 bridgehead atoms. The number of likely N-dealkylation sites (N-methyl/N-ethyl adjacent to an activating group) is 1. The van der Waals surface area contributed by atoms with Gasteiger partial charge in [0.1, 0.15) is 0 Å². The molecular weight excluding hydrogens is 316 g/mol. The van der Waals surface area contributed by atoms with Crippen molar-refractivity contribution >= 4 is 27.1 Å². The van der Waals surface area contributed by atoms with Crippen LogP contribution in [-0.4, -0.2) is 57.7 Å². The molecule has 0 spiro atoms. The summed E-state index contributed by atoms with van der Waals surface area (Å²) in [6.07, 6.45) is 0. The quantitative estimate of drug-likeness (QED) is 0.807. The summed E-state index contributed by atoms with van der Waals surface area (Å²) in [5.41, 5.74) is 0.00933. The van der Waals surface area contributed by atoms with Crippen molar-refractivity contribution in [2.75, 3.05) is 42.0 Å². The van der Waals surface area contributed by atoms with E-state index >= 15 is 0 Å². The van der Waals surface area contributed by atoms with E-state index in [4.69, 9.17) is 4.74 Å². The van der Waals surface area contributed by atoms with Crippen molar-refractivity contribution in [3.63, 3.8) is 0 Å². The zero-order valence-corrected chi connectivity index (χ0v) is 14.7. The Bertz CT molecular complexity index is 745. The van der Waals surface area contributed by atoms with Crippen LogP contribution in [0.5, 0.6) is 0 Å². The average molecular weight is 338 g/mol. The van der Waals surface area contributed by atoms with E-state index in [1.54, 1.807) is 4.90 Å². The van der Waals surface area contributed by atoms with Gasteiger partial charge in [-0.2, -0.15) is 0 Å². The minimum atomic E-state index is -3.19. The van der Waals surface area contributed by atoms with E-state index < -0.39 is 21.0 Å². The first kappa shape index (κ1) is 16.3. The molecule has 1 aromatic rings. The van der Waals surface area contributed by atoms with Gasteiger partial charge in [-0.3, -0.25) is 4.79 Å². The Morgan fingerprint density at radius 2 is 1.74 bits per heavy atom. The van der Waals surface area contributed by atoms with Crippen molar-refractivity contribution in [2.24, 2.45) is 0 Å². The monoisotopic (exact) mass is 338 g/mol. The number of fused-ring (bicyclic) bond motifs is 1. The number of para-hydroxylation sites is 2. The van der Waals surface area contributed by atoms with Gasteiger partial charge < -0.3 is 14.5 Å². The van der Waals surface area contributed by atoms with Gasteiger partial charge in [0.2, 0.25) is 0 Å². The van der Waals surface area contributed by atoms with Crippen LogP contribution in [0.2, 0.25) is 0 Å². The van der Waals surface area contributed by atoms with Gasteiger partial charge in [0.25, 0.3) is 5.91 Å². The number of carbonyl (C=O) groups excluding carboxylic acids is 1. The largest absolute Gasteiger partial charge is 0.371 e. The first-order valence-corrected chi connectivity index (χ1v) is 9.34. The number of carbonyl (C=O) groups is 1. The number of rotatable bonds is 2. The predicted molar refractivity (Wildman–Crippen MR) is 89.7 cm³/mol. The lowest BCUT2D eigenvalue weighted by Crippen LogP contribution is -2.70. The van der Waals surface area contributed by atoms with Gasteiger partial charge in [-0.05, 0) is 26.0 Å². The maximum atomic E-state index is 13.2. The molecule has 1 amide bonds. The highest BCUT2D eigenvalue weighted by molar-refractivity contribution is 7.93. The van der Waals surface area contributed by atoms with Crippen LogP contribution in [0.3, 0.4) is 0 Å². The Labute approximate surface area is 136 Å². The summed E-state index contributed by atoms with van der Waals surface area (Å²) in [4.78, 5) is 17.0. The van der Waals surface area contributed by atoms with Gasteiger partial charge in [-0.15, -0.1) is 0 Å². The molecule has 7 heteroatoms. The molecule has 0 aromatic heterocycles. The SMILES string of the molecule is COC1(C(=O)N2c3ccccc3N(C)CC2(C)C)CS(=O)(=O)C1. The smallest absolute Gasteiger partial charge is 0.261 e. The summed E-state index contributed by atoms with van der Waals surface area (Å²) in [7, 11) is 0.200. The fraction of sp³-hybridized carbons (Fsp3) is 0.562. The molecule has 2 aliphatic rings. The standard InChI is InChI=1S/C16H22N2O4S/c1-15(2)9-17(3)12-7-5-6-8-13(12)18(15)14(19)16(22-4)10-23(20,21)11-16/h5-8H,9-11H2,1-4H3. The number of methoxy groups -OCH3 is 1. The van der Waals surface area contributed by atoms with Crippen molar-refractivity contribution in [3.8, 4) is 0 Å². The zero-order valence-electron chi connectivity index (χ0n) is 13.9. The fourth-order valence-corrected chi connectivity index (χ4v) is 5.44. The third-order valence-corrected chi connectivity index (χ3v) is 6.47. The van der Waals surface area contributed by atoms with Crippen LogP contribution in [0.15, 0.2) is 24.3 Å². The molecule has 23 heavy (non-hydrogen) atoms. The topological polar surface area (TPSA) is 66.9 Å². The van der Waals surface area contributed by atoms with E-state index in [-0.39, 0.29) is 17.4 Å². The van der Waals surface area contributed by atoms with Gasteiger partial charge in [0, 0.05) is 20.7 Å². The number of nitrogens with zero attached hydrogens (tertiary/aromatic N) is 2. The van der Waals surface area contributed by atoms with E-state index in [2.05, 4.69) is 4.90 Å². The minimum absolute atomic E-state index is 0.250. The number of hydrogen-bond acceptors (Lipinski definition) is 5. The number of sulfone groups is 1. The van der Waals surface area contributed by atoms with Crippen molar-refractivity contribution in [1.29, 1.82) is 0 Å². The summed E-state index contributed by atoms with van der Waals surface area (Å²) >= 11 is 0. The number of hydrogen-bond donors (Lipinski definition) is 0. The highest BCUT2D eigenvalue weighted by atomic mass is 32.2. The normalized spacial score (nSPS) is 23.8. The lowest BCUT2D eigenvalue weighted by Gasteiger charge is -2.51. The molecule has 0 saturated carbocycles. The maximum absolute atomic E-state index is 13.2. The molecule has 0 aliphatic carbocycles. The lowest BCUT2D eigenvalue weighted by atomic mass is 9.93. The third kappa shape index (κ3) is 2.42. The average Bonchev–Trinajstić information content (AvgIpc) is 2.43. The van der Waals surface area contributed by atoms with Gasteiger partial charge in [0.05, 0.1) is 28.4 Å². The maximum Gasteiger partial charge on any atom is 0.261 e. The molecule has 0 atom stereocenters. The van der Waals surface area contributed by atoms with E-state index in [0.29, 0.717) is 6.54 Å². The molecule has 0 radical (unpaired) electrons. The van der Waals surface area contributed by atoms with Gasteiger partial charge >= 0.3 is 0 Å². The highest BCUT2D eigenvalue weighted by Gasteiger charge is 2.58. The van der Waals surface area contributed by atoms with Crippen LogP contribution in [0.25, 0.3) is 0 Å². The van der Waals surface area contributed by atoms with E-state index in [1.165, 1.54) is 7.11 Å². The molecule has 6 nitrogen and oxygen atoms in total. The summed E-state index contributed by atoms with van der Waals surface area (Å²) < 4.78 is 28.7. The van der Waals surface area contributed by atoms with Gasteiger partial charge in [0.15, 0.2) is 15.4 Å². The minimum Gasteiger partial charge on any atom is -0.371 e. The molecule has 3 rings (SSSR count). The summed E-state index contributed by atoms with van der Waals surface area (Å²) in [6, 6.07) is 7.66. The van der Waals surface area contributed by atoms with Crippen molar-refractivity contribution < 1.29 is 17.9 Å². The van der Waals surface area contributed by atoms with Crippen molar-refractivity contribution in [1.82, 2.24) is 0 Å². The molecule has 0 unspecified atom stereocenters. The molecule has 126 valence electrons. The summed E-state index contributed by atoms with van der Waals surface area (Å²) in [5, 5.41) is 0. The molecule has 2 aliphatic heterocycles. The van der Waals surface area contributed by atoms with Crippen LogP contribution in [0, 0.1) is 0 Å². The number of ether oxygens (including phenoxy) is 1. The van der Waals surface area contributed by atoms with Crippen molar-refractivity contribution in [2.45, 2.75) is 25.0 Å². The summed E-state index contributed by atoms with van der Waals surface area (Å²) in [6.45, 7) is 4.62. The Morgan fingerprint density at radius 3 is 2.26 bits per heavy atom. The van der Waals surface area contributed by atoms with Crippen LogP contribution in [0.4, 0.5) is 11.4 Å². The molecule has 1 saturated heterocycles. The number of amides is 1. The molecule has 2 heterocycles. The zero-order chi connectivity index (χ0) is 17.0. The lowest BCUT2D eigenvalue weighted by molar-refractivity contribution is -0.138. The van der Waals surface area contributed by atoms with E-state index in [1.807, 2.05) is 45.2 Å². The molecule has 0 N–H and O–H groups in total. The Morgan fingerprint density at radius 1 is 1.17 bits per heavy atom. The van der Waals surface area contributed by atoms with Crippen LogP contribution in [-0.2, 0) is 19.4 Å². The van der Waals surface area contributed by atoms with Gasteiger partial charge in [-0.25, -0.2) is 8.42 Å². The Hall–Kier alpha value is -1.60. The summed E-state index contributed by atoms with van der Waals surface area (Å²) in [5.74, 6) is -0.778. The van der Waals surface area contributed by atoms with Gasteiger partial charge in [-0.1, -0.05) is 12.1 Å². The predicted octanol–water partition coefficient (Wildman–Crippen LogP) is 1.06. The second-order valence-electron chi connectivity index (χ2n) is 7.03. The number of benzene rings is 1. The fourth-order valence-electron chi connectivity index (χ4n) is 3.62. The Kier molecular flexibility index (Phi) is 3.50. The molecule has 1 aromatic carbocycles. The van der Waals surface area contributed by atoms with E-state index in [9.17, 15) is 13.2 Å². The van der Waals surface area contributed by atoms with Crippen LogP contribution >= 0.6 is 0 Å². The number of anilines is 2. The van der Waals surface area contributed by atoms with Crippen LogP contribution in [0.1, 0.15) is 13.8 Å². The first-order valence-electron chi connectivity index (χ1n) is 7.52. The van der Waals surface area contributed by atoms with E-state index in [0.717, 1.165) is 11.4 Å². The third-order valence-electron chi connectivity index (χ3n) is 4.65. The highest BCUT2D eigenvalue weighted by Crippen LogP contribution is 2.42. The Balaban J connectivity index is 2.07.